The highest BCUT2D eigenvalue weighted by Crippen LogP contribution is 2.15. The number of aliphatic hydroxyl groups excluding tert-OH is 1. The Hall–Kier alpha value is -0.750. The Labute approximate surface area is 129 Å². The van der Waals surface area contributed by atoms with E-state index in [0.29, 0.717) is 12.1 Å². The van der Waals surface area contributed by atoms with Gasteiger partial charge in [0.25, 0.3) is 0 Å². The van der Waals surface area contributed by atoms with E-state index in [1.807, 2.05) is 39.8 Å². The Kier molecular flexibility index (Phi) is 8.97. The summed E-state index contributed by atoms with van der Waals surface area (Å²) in [7, 11) is 5.33. The Morgan fingerprint density at radius 2 is 1.76 bits per heavy atom. The van der Waals surface area contributed by atoms with E-state index in [0.717, 1.165) is 6.54 Å². The Bertz CT molecular complexity index is 344. The van der Waals surface area contributed by atoms with Gasteiger partial charge in [0, 0.05) is 19.2 Å². The molecule has 124 valence electrons. The van der Waals surface area contributed by atoms with Crippen LogP contribution in [0.3, 0.4) is 0 Å². The van der Waals surface area contributed by atoms with Crippen molar-refractivity contribution in [2.45, 2.75) is 46.1 Å². The van der Waals surface area contributed by atoms with Crippen LogP contribution >= 0.6 is 0 Å². The van der Waals surface area contributed by atoms with Crippen LogP contribution in [0.15, 0.2) is 12.2 Å². The summed E-state index contributed by atoms with van der Waals surface area (Å²) in [6.45, 7) is 13.0. The zero-order valence-corrected chi connectivity index (χ0v) is 14.6. The van der Waals surface area contributed by atoms with Crippen molar-refractivity contribution in [1.82, 2.24) is 9.80 Å². The molecule has 0 radical (unpaired) electrons. The molecular formula is C16H32N2O3. The average molecular weight is 300 g/mol. The summed E-state index contributed by atoms with van der Waals surface area (Å²) in [4.78, 5) is 16.2. The number of aliphatic hydroxyl groups is 1. The smallest absolute Gasteiger partial charge is 0.188 e. The van der Waals surface area contributed by atoms with Gasteiger partial charge in [-0.3, -0.25) is 14.6 Å². The molecule has 0 bridgehead atoms. The van der Waals surface area contributed by atoms with E-state index >= 15 is 0 Å². The monoisotopic (exact) mass is 300 g/mol. The van der Waals surface area contributed by atoms with Gasteiger partial charge < -0.3 is 9.84 Å². The van der Waals surface area contributed by atoms with E-state index in [9.17, 15) is 9.90 Å². The second-order valence-corrected chi connectivity index (χ2v) is 5.95. The largest absolute Gasteiger partial charge is 0.378 e. The molecule has 0 aromatic rings. The third-order valence-electron chi connectivity index (χ3n) is 3.98. The molecule has 0 spiro atoms. The van der Waals surface area contributed by atoms with Crippen molar-refractivity contribution >= 4 is 5.78 Å². The van der Waals surface area contributed by atoms with Gasteiger partial charge in [-0.25, -0.2) is 0 Å². The summed E-state index contributed by atoms with van der Waals surface area (Å²) >= 11 is 0. The van der Waals surface area contributed by atoms with Gasteiger partial charge in [0.1, 0.15) is 12.3 Å². The lowest BCUT2D eigenvalue weighted by Crippen LogP contribution is -2.48. The number of likely N-dealkylation sites (N-methyl/N-ethyl adjacent to an activating group) is 2. The number of ether oxygens (including phenoxy) is 1. The molecular weight excluding hydrogens is 268 g/mol. The van der Waals surface area contributed by atoms with Crippen molar-refractivity contribution in [1.29, 1.82) is 0 Å². The Morgan fingerprint density at radius 3 is 2.14 bits per heavy atom. The SMILES string of the molecule is C=C(C(=O)C(C)OC)[C@H](CN(C)C(O)C(C)C)N(C)CC. The number of rotatable bonds is 10. The second kappa shape index (κ2) is 9.30. The molecule has 0 aliphatic heterocycles. The van der Waals surface area contributed by atoms with Crippen LogP contribution in [-0.2, 0) is 9.53 Å². The van der Waals surface area contributed by atoms with Crippen molar-refractivity contribution in [2.75, 3.05) is 34.3 Å². The highest BCUT2D eigenvalue weighted by Gasteiger charge is 2.28. The maximum atomic E-state index is 12.3. The first-order valence-electron chi connectivity index (χ1n) is 7.51. The molecule has 0 aliphatic rings. The zero-order valence-electron chi connectivity index (χ0n) is 14.6. The number of methoxy groups -OCH3 is 1. The summed E-state index contributed by atoms with van der Waals surface area (Å²) in [5.41, 5.74) is 0.525. The minimum atomic E-state index is -0.541. The molecule has 5 heteroatoms. The van der Waals surface area contributed by atoms with Gasteiger partial charge in [-0.15, -0.1) is 0 Å². The quantitative estimate of drug-likeness (QED) is 0.488. The van der Waals surface area contributed by atoms with Gasteiger partial charge in [0.2, 0.25) is 0 Å². The standard InChI is InChI=1S/C16H32N2O3/c1-9-17(6)14(10-18(7)16(20)11(2)3)12(4)15(19)13(5)21-8/h11,13-14,16,20H,4,9-10H2,1-3,5-8H3/t13?,14-,16?/m0/s1. The number of ketones is 1. The molecule has 0 rings (SSSR count). The van der Waals surface area contributed by atoms with E-state index in [1.165, 1.54) is 7.11 Å². The number of hydrogen-bond acceptors (Lipinski definition) is 5. The fourth-order valence-corrected chi connectivity index (χ4v) is 2.16. The first-order chi connectivity index (χ1) is 9.67. The first kappa shape index (κ1) is 20.2. The molecule has 0 heterocycles. The topological polar surface area (TPSA) is 53.0 Å². The van der Waals surface area contributed by atoms with Gasteiger partial charge in [-0.1, -0.05) is 27.4 Å². The fraction of sp³-hybridized carbons (Fsp3) is 0.812. The van der Waals surface area contributed by atoms with Gasteiger partial charge in [0.05, 0.1) is 6.04 Å². The van der Waals surface area contributed by atoms with Gasteiger partial charge in [-0.2, -0.15) is 0 Å². The number of nitrogens with zero attached hydrogens (tertiary/aromatic N) is 2. The summed E-state index contributed by atoms with van der Waals surface area (Å²) in [5.74, 6) is 0.0414. The maximum Gasteiger partial charge on any atom is 0.188 e. The van der Waals surface area contributed by atoms with Crippen LogP contribution < -0.4 is 0 Å². The predicted molar refractivity (Wildman–Crippen MR) is 86.2 cm³/mol. The Balaban J connectivity index is 5.05. The molecule has 0 saturated heterocycles. The minimum Gasteiger partial charge on any atom is -0.378 e. The van der Waals surface area contributed by atoms with Crippen LogP contribution in [0.2, 0.25) is 0 Å². The highest BCUT2D eigenvalue weighted by atomic mass is 16.5. The van der Waals surface area contributed by atoms with Crippen LogP contribution in [-0.4, -0.2) is 73.4 Å². The number of carbonyl (C=O) groups is 1. The molecule has 0 aromatic carbocycles. The van der Waals surface area contributed by atoms with Gasteiger partial charge >= 0.3 is 0 Å². The maximum absolute atomic E-state index is 12.3. The number of hydrogen-bond donors (Lipinski definition) is 1. The number of carbonyl (C=O) groups excluding carboxylic acids is 1. The molecule has 1 N–H and O–H groups in total. The molecule has 0 amide bonds. The summed E-state index contributed by atoms with van der Waals surface area (Å²) in [6.07, 6.45) is -1.04. The van der Waals surface area contributed by atoms with Crippen molar-refractivity contribution < 1.29 is 14.6 Å². The lowest BCUT2D eigenvalue weighted by molar-refractivity contribution is -0.124. The van der Waals surface area contributed by atoms with E-state index in [1.54, 1.807) is 6.92 Å². The van der Waals surface area contributed by atoms with Crippen LogP contribution in [0.1, 0.15) is 27.7 Å². The highest BCUT2D eigenvalue weighted by molar-refractivity contribution is 5.99. The second-order valence-electron chi connectivity index (χ2n) is 5.95. The fourth-order valence-electron chi connectivity index (χ4n) is 2.16. The van der Waals surface area contributed by atoms with Crippen molar-refractivity contribution in [3.8, 4) is 0 Å². The average Bonchev–Trinajstić information content (AvgIpc) is 2.48. The normalized spacial score (nSPS) is 16.3. The predicted octanol–water partition coefficient (Wildman–Crippen LogP) is 1.37. The van der Waals surface area contributed by atoms with Crippen LogP contribution in [0.4, 0.5) is 0 Å². The van der Waals surface area contributed by atoms with E-state index in [-0.39, 0.29) is 17.7 Å². The zero-order chi connectivity index (χ0) is 16.7. The van der Waals surface area contributed by atoms with E-state index in [4.69, 9.17) is 4.74 Å². The van der Waals surface area contributed by atoms with Crippen LogP contribution in [0, 0.1) is 5.92 Å². The molecule has 0 saturated carbocycles. The van der Waals surface area contributed by atoms with Crippen molar-refractivity contribution in [2.24, 2.45) is 5.92 Å². The third kappa shape index (κ3) is 5.87. The summed E-state index contributed by atoms with van der Waals surface area (Å²) in [5, 5.41) is 10.1. The minimum absolute atomic E-state index is 0.0877. The van der Waals surface area contributed by atoms with Crippen LogP contribution in [0.5, 0.6) is 0 Å². The van der Waals surface area contributed by atoms with Crippen molar-refractivity contribution in [3.63, 3.8) is 0 Å². The van der Waals surface area contributed by atoms with Crippen molar-refractivity contribution in [3.05, 3.63) is 12.2 Å². The van der Waals surface area contributed by atoms with Crippen LogP contribution in [0.25, 0.3) is 0 Å². The molecule has 0 fully saturated rings. The van der Waals surface area contributed by atoms with Gasteiger partial charge in [0.15, 0.2) is 5.78 Å². The third-order valence-corrected chi connectivity index (χ3v) is 3.98. The molecule has 2 unspecified atom stereocenters. The van der Waals surface area contributed by atoms with E-state index in [2.05, 4.69) is 11.5 Å². The first-order valence-corrected chi connectivity index (χ1v) is 7.51. The van der Waals surface area contributed by atoms with Gasteiger partial charge in [-0.05, 0) is 33.5 Å². The molecule has 21 heavy (non-hydrogen) atoms. The molecule has 3 atom stereocenters. The molecule has 0 aromatic heterocycles. The van der Waals surface area contributed by atoms with E-state index < -0.39 is 12.3 Å². The molecule has 5 nitrogen and oxygen atoms in total. The lowest BCUT2D eigenvalue weighted by atomic mass is 9.99. The molecule has 0 aliphatic carbocycles. The number of Topliss-reactive ketones (excluding diaryl/α,β-unsaturated/α-hetero) is 1. The lowest BCUT2D eigenvalue weighted by Gasteiger charge is -2.35. The Morgan fingerprint density at radius 1 is 1.24 bits per heavy atom. The summed E-state index contributed by atoms with van der Waals surface area (Å²) in [6, 6.07) is -0.140. The summed E-state index contributed by atoms with van der Waals surface area (Å²) < 4.78 is 5.10.